The second kappa shape index (κ2) is 8.40. The molecule has 0 aromatic heterocycles. The second-order valence-corrected chi connectivity index (χ2v) is 6.76. The number of rotatable bonds is 7. The summed E-state index contributed by atoms with van der Waals surface area (Å²) in [5.41, 5.74) is 0.381. The highest BCUT2D eigenvalue weighted by Gasteiger charge is 2.38. The van der Waals surface area contributed by atoms with Crippen LogP contribution in [0.4, 0.5) is 5.69 Å². The molecule has 1 heterocycles. The van der Waals surface area contributed by atoms with Crippen molar-refractivity contribution in [3.05, 3.63) is 48.0 Å². The summed E-state index contributed by atoms with van der Waals surface area (Å²) in [6, 6.07) is 12.7. The van der Waals surface area contributed by atoms with Crippen molar-refractivity contribution < 1.29 is 23.8 Å². The fraction of sp³-hybridized carbons (Fsp3) is 0.333. The van der Waals surface area contributed by atoms with Gasteiger partial charge in [-0.05, 0) is 19.1 Å². The first-order chi connectivity index (χ1) is 13.9. The number of nitrogens with one attached hydrogen (secondary N) is 1. The van der Waals surface area contributed by atoms with Gasteiger partial charge in [-0.1, -0.05) is 12.1 Å². The Morgan fingerprint density at radius 2 is 1.72 bits per heavy atom. The van der Waals surface area contributed by atoms with E-state index in [4.69, 9.17) is 19.0 Å². The summed E-state index contributed by atoms with van der Waals surface area (Å²) in [4.78, 5) is 23.2. The predicted molar refractivity (Wildman–Crippen MR) is 110 cm³/mol. The molecule has 29 heavy (non-hydrogen) atoms. The predicted octanol–water partition coefficient (Wildman–Crippen LogP) is 3.08. The lowest BCUT2D eigenvalue weighted by Crippen LogP contribution is -2.32. The van der Waals surface area contributed by atoms with Gasteiger partial charge in [0.15, 0.2) is 11.6 Å². The number of methoxy groups -OCH3 is 3. The van der Waals surface area contributed by atoms with Gasteiger partial charge in [-0.25, -0.2) is 14.9 Å². The van der Waals surface area contributed by atoms with Crippen LogP contribution in [-0.2, 0) is 9.63 Å². The molecule has 1 aliphatic heterocycles. The number of hydrogen-bond donors (Lipinski definition) is 1. The van der Waals surface area contributed by atoms with Crippen molar-refractivity contribution in [1.29, 1.82) is 0 Å². The van der Waals surface area contributed by atoms with E-state index in [1.807, 2.05) is 24.3 Å². The van der Waals surface area contributed by atoms with E-state index in [9.17, 15) is 4.79 Å². The molecular formula is C21H25N3O5. The van der Waals surface area contributed by atoms with Crippen LogP contribution in [0.25, 0.3) is 0 Å². The maximum Gasteiger partial charge on any atom is 0.229 e. The number of benzene rings is 2. The molecule has 1 unspecified atom stereocenters. The number of ether oxygens (including phenoxy) is 3. The molecule has 0 fully saturated rings. The molecule has 1 amide bonds. The molecule has 0 spiro atoms. The van der Waals surface area contributed by atoms with Crippen LogP contribution in [0.1, 0.15) is 18.9 Å². The summed E-state index contributed by atoms with van der Waals surface area (Å²) in [5.74, 6) is 2.27. The van der Waals surface area contributed by atoms with Gasteiger partial charge in [0.25, 0.3) is 0 Å². The molecule has 8 heteroatoms. The fourth-order valence-corrected chi connectivity index (χ4v) is 3.12. The van der Waals surface area contributed by atoms with Crippen LogP contribution in [0.3, 0.4) is 0 Å². The molecule has 1 aliphatic rings. The highest BCUT2D eigenvalue weighted by molar-refractivity contribution is 6.00. The third-order valence-corrected chi connectivity index (χ3v) is 4.43. The third kappa shape index (κ3) is 4.78. The Morgan fingerprint density at radius 1 is 1.07 bits per heavy atom. The number of hydrogen-bond acceptors (Lipinski definition) is 7. The average Bonchev–Trinajstić information content (AvgIpc) is 3.01. The zero-order valence-corrected chi connectivity index (χ0v) is 17.2. The van der Waals surface area contributed by atoms with Crippen molar-refractivity contribution >= 4 is 17.4 Å². The molecule has 2 aromatic carbocycles. The lowest BCUT2D eigenvalue weighted by Gasteiger charge is -2.21. The van der Waals surface area contributed by atoms with Gasteiger partial charge < -0.3 is 19.5 Å². The fourth-order valence-electron chi connectivity index (χ4n) is 3.12. The van der Waals surface area contributed by atoms with E-state index >= 15 is 0 Å². The van der Waals surface area contributed by atoms with Crippen LogP contribution < -0.4 is 19.5 Å². The molecular weight excluding hydrogens is 374 g/mol. The molecule has 8 nitrogen and oxygen atoms in total. The number of aliphatic imine (C=N–C) groups is 1. The molecule has 0 aliphatic carbocycles. The average molecular weight is 399 g/mol. The summed E-state index contributed by atoms with van der Waals surface area (Å²) in [6.45, 7) is 1.77. The van der Waals surface area contributed by atoms with Crippen LogP contribution in [0.15, 0.2) is 47.5 Å². The molecule has 154 valence electrons. The van der Waals surface area contributed by atoms with Crippen LogP contribution >= 0.6 is 0 Å². The van der Waals surface area contributed by atoms with E-state index in [1.165, 1.54) is 0 Å². The second-order valence-electron chi connectivity index (χ2n) is 6.76. The largest absolute Gasteiger partial charge is 0.497 e. The van der Waals surface area contributed by atoms with Crippen LogP contribution in [0, 0.1) is 0 Å². The van der Waals surface area contributed by atoms with E-state index in [-0.39, 0.29) is 12.3 Å². The van der Waals surface area contributed by atoms with Gasteiger partial charge in [0, 0.05) is 36.5 Å². The summed E-state index contributed by atoms with van der Waals surface area (Å²) in [7, 11) is 6.48. The minimum atomic E-state index is -1.03. The van der Waals surface area contributed by atoms with Gasteiger partial charge in [0.1, 0.15) is 17.2 Å². The molecule has 1 atom stereocenters. The molecule has 2 aromatic rings. The van der Waals surface area contributed by atoms with E-state index < -0.39 is 5.72 Å². The first-order valence-electron chi connectivity index (χ1n) is 9.06. The number of amides is 1. The maximum absolute atomic E-state index is 12.6. The van der Waals surface area contributed by atoms with Gasteiger partial charge in [-0.15, -0.1) is 0 Å². The smallest absolute Gasteiger partial charge is 0.229 e. The Bertz CT molecular complexity index is 908. The Morgan fingerprint density at radius 3 is 2.34 bits per heavy atom. The van der Waals surface area contributed by atoms with Crippen molar-refractivity contribution in [3.8, 4) is 17.2 Å². The van der Waals surface area contributed by atoms with E-state index in [2.05, 4.69) is 10.3 Å². The summed E-state index contributed by atoms with van der Waals surface area (Å²) < 4.78 is 15.7. The van der Waals surface area contributed by atoms with Gasteiger partial charge in [0.2, 0.25) is 5.91 Å². The maximum atomic E-state index is 12.6. The summed E-state index contributed by atoms with van der Waals surface area (Å²) in [6.07, 6.45) is 0.0321. The van der Waals surface area contributed by atoms with Crippen molar-refractivity contribution in [1.82, 2.24) is 5.06 Å². The molecule has 1 N–H and O–H groups in total. The Labute approximate surface area is 170 Å². The topological polar surface area (TPSA) is 81.6 Å². The number of nitrogens with zero attached hydrogens (tertiary/aromatic N) is 2. The Hall–Kier alpha value is -3.26. The molecule has 0 radical (unpaired) electrons. The quantitative estimate of drug-likeness (QED) is 0.771. The lowest BCUT2D eigenvalue weighted by atomic mass is 10.1. The lowest BCUT2D eigenvalue weighted by molar-refractivity contribution is -0.164. The first-order valence-corrected chi connectivity index (χ1v) is 9.06. The molecule has 3 rings (SSSR count). The van der Waals surface area contributed by atoms with Gasteiger partial charge in [0.05, 0.1) is 27.8 Å². The van der Waals surface area contributed by atoms with Crippen LogP contribution in [-0.4, -0.2) is 50.9 Å². The SMILES string of the molecule is COc1cc(NC(=O)CC2(C)N=C(c3cccc(OC)c3)N(C)O2)cc(OC)c1. The Balaban J connectivity index is 1.75. The first kappa shape index (κ1) is 20.5. The minimum Gasteiger partial charge on any atom is -0.497 e. The van der Waals surface area contributed by atoms with Crippen molar-refractivity contribution in [3.63, 3.8) is 0 Å². The van der Waals surface area contributed by atoms with Crippen molar-refractivity contribution in [2.45, 2.75) is 19.1 Å². The molecule has 0 bridgehead atoms. The number of amidine groups is 1. The van der Waals surface area contributed by atoms with Crippen molar-refractivity contribution in [2.24, 2.45) is 4.99 Å². The minimum absolute atomic E-state index is 0.0321. The summed E-state index contributed by atoms with van der Waals surface area (Å²) in [5, 5.41) is 4.41. The van der Waals surface area contributed by atoms with Gasteiger partial charge in [-0.2, -0.15) is 0 Å². The highest BCUT2D eigenvalue weighted by atomic mass is 16.7. The van der Waals surface area contributed by atoms with Crippen molar-refractivity contribution in [2.75, 3.05) is 33.7 Å². The van der Waals surface area contributed by atoms with Crippen LogP contribution in [0.5, 0.6) is 17.2 Å². The van der Waals surface area contributed by atoms with Gasteiger partial charge >= 0.3 is 0 Å². The number of hydroxylamine groups is 2. The highest BCUT2D eigenvalue weighted by Crippen LogP contribution is 2.30. The van der Waals surface area contributed by atoms with E-state index in [1.54, 1.807) is 58.6 Å². The zero-order chi connectivity index (χ0) is 21.0. The zero-order valence-electron chi connectivity index (χ0n) is 17.2. The van der Waals surface area contributed by atoms with Gasteiger partial charge in [-0.3, -0.25) is 4.79 Å². The van der Waals surface area contributed by atoms with Crippen LogP contribution in [0.2, 0.25) is 0 Å². The summed E-state index contributed by atoms with van der Waals surface area (Å²) >= 11 is 0. The monoisotopic (exact) mass is 399 g/mol. The number of anilines is 1. The third-order valence-electron chi connectivity index (χ3n) is 4.43. The normalized spacial score (nSPS) is 18.2. The molecule has 0 saturated carbocycles. The van der Waals surface area contributed by atoms with E-state index in [0.29, 0.717) is 23.0 Å². The standard InChI is InChI=1S/C21H25N3O5/c1-21(13-19(25)22-15-10-17(27-4)12-18(11-15)28-5)23-20(24(2)29-21)14-7-6-8-16(9-14)26-3/h6-12H,13H2,1-5H3,(H,22,25). The molecule has 0 saturated heterocycles. The Kier molecular flexibility index (Phi) is 5.93. The number of carbonyl (C=O) groups excluding carboxylic acids is 1. The number of carbonyl (C=O) groups is 1. The van der Waals surface area contributed by atoms with E-state index in [0.717, 1.165) is 11.3 Å².